The maximum absolute atomic E-state index is 13.2. The van der Waals surface area contributed by atoms with Crippen molar-refractivity contribution in [2.24, 2.45) is 0 Å². The summed E-state index contributed by atoms with van der Waals surface area (Å²) >= 11 is 0. The minimum Gasteiger partial charge on any atom is -0.352 e. The van der Waals surface area contributed by atoms with Crippen LogP contribution in [0.15, 0.2) is 36.7 Å². The van der Waals surface area contributed by atoms with Crippen LogP contribution in [0.2, 0.25) is 0 Å². The number of urea groups is 1. The molecule has 5 rings (SSSR count). The number of hydrogen-bond acceptors (Lipinski definition) is 4. The van der Waals surface area contributed by atoms with Crippen molar-refractivity contribution in [2.75, 3.05) is 31.1 Å². The van der Waals surface area contributed by atoms with Gasteiger partial charge in [-0.15, -0.1) is 0 Å². The summed E-state index contributed by atoms with van der Waals surface area (Å²) < 4.78 is 13.2. The average Bonchev–Trinajstić information content (AvgIpc) is 3.44. The summed E-state index contributed by atoms with van der Waals surface area (Å²) in [5.74, 6) is 0.602. The lowest BCUT2D eigenvalue weighted by Gasteiger charge is -2.36. The molecule has 0 bridgehead atoms. The Morgan fingerprint density at radius 3 is 2.53 bits per heavy atom. The van der Waals surface area contributed by atoms with Crippen LogP contribution in [0.25, 0.3) is 22.3 Å². The molecule has 0 atom stereocenters. The minimum atomic E-state index is -0.259. The van der Waals surface area contributed by atoms with E-state index in [4.69, 9.17) is 0 Å². The number of halogens is 1. The van der Waals surface area contributed by atoms with Gasteiger partial charge in [0.05, 0.1) is 5.39 Å². The van der Waals surface area contributed by atoms with Crippen molar-refractivity contribution in [3.05, 3.63) is 42.5 Å². The molecule has 1 aromatic carbocycles. The quantitative estimate of drug-likeness (QED) is 0.695. The molecule has 1 saturated carbocycles. The maximum atomic E-state index is 13.2. The van der Waals surface area contributed by atoms with Crippen molar-refractivity contribution >= 4 is 22.9 Å². The molecule has 1 aliphatic carbocycles. The number of anilines is 1. The molecule has 3 heterocycles. The van der Waals surface area contributed by atoms with Crippen LogP contribution in [-0.2, 0) is 0 Å². The number of aromatic nitrogens is 3. The summed E-state index contributed by atoms with van der Waals surface area (Å²) in [6, 6.07) is 8.78. The van der Waals surface area contributed by atoms with Crippen molar-refractivity contribution in [1.82, 2.24) is 25.2 Å². The van der Waals surface area contributed by atoms with Crippen molar-refractivity contribution in [3.8, 4) is 11.3 Å². The van der Waals surface area contributed by atoms with Crippen LogP contribution in [0, 0.1) is 5.82 Å². The molecule has 2 N–H and O–H groups in total. The predicted molar refractivity (Wildman–Crippen MR) is 114 cm³/mol. The lowest BCUT2D eigenvalue weighted by atomic mass is 10.1. The minimum absolute atomic E-state index is 0.0506. The first-order valence-electron chi connectivity index (χ1n) is 10.6. The monoisotopic (exact) mass is 408 g/mol. The van der Waals surface area contributed by atoms with Gasteiger partial charge in [-0.1, -0.05) is 12.8 Å². The third kappa shape index (κ3) is 3.69. The molecule has 3 aromatic rings. The molecular formula is C22H25FN6O. The first-order valence-corrected chi connectivity index (χ1v) is 10.6. The Labute approximate surface area is 174 Å². The smallest absolute Gasteiger partial charge is 0.317 e. The largest absolute Gasteiger partial charge is 0.352 e. The molecule has 30 heavy (non-hydrogen) atoms. The number of carbonyl (C=O) groups is 1. The lowest BCUT2D eigenvalue weighted by molar-refractivity contribution is 0.190. The summed E-state index contributed by atoms with van der Waals surface area (Å²) in [5, 5.41) is 4.10. The van der Waals surface area contributed by atoms with E-state index in [1.807, 2.05) is 11.0 Å². The Hall–Kier alpha value is -3.16. The number of rotatable bonds is 3. The Balaban J connectivity index is 1.30. The molecule has 0 radical (unpaired) electrons. The Morgan fingerprint density at radius 2 is 1.80 bits per heavy atom. The van der Waals surface area contributed by atoms with E-state index in [1.165, 1.54) is 25.0 Å². The third-order valence-electron chi connectivity index (χ3n) is 6.11. The molecule has 1 saturated heterocycles. The van der Waals surface area contributed by atoms with E-state index in [0.29, 0.717) is 19.1 Å². The number of nitrogens with zero attached hydrogens (tertiary/aromatic N) is 4. The molecule has 156 valence electrons. The summed E-state index contributed by atoms with van der Waals surface area (Å²) in [6.45, 7) is 2.78. The molecule has 2 aliphatic rings. The molecule has 0 unspecified atom stereocenters. The second-order valence-corrected chi connectivity index (χ2v) is 8.05. The summed E-state index contributed by atoms with van der Waals surface area (Å²) in [5.41, 5.74) is 2.52. The van der Waals surface area contributed by atoms with E-state index in [2.05, 4.69) is 25.2 Å². The van der Waals surface area contributed by atoms with Crippen molar-refractivity contribution < 1.29 is 9.18 Å². The van der Waals surface area contributed by atoms with Crippen molar-refractivity contribution in [1.29, 1.82) is 0 Å². The van der Waals surface area contributed by atoms with Crippen LogP contribution in [-0.4, -0.2) is 58.1 Å². The van der Waals surface area contributed by atoms with Gasteiger partial charge in [-0.3, -0.25) is 0 Å². The number of hydrogen-bond donors (Lipinski definition) is 2. The van der Waals surface area contributed by atoms with Crippen LogP contribution in [0.5, 0.6) is 0 Å². The number of nitrogens with one attached hydrogen (secondary N) is 2. The van der Waals surface area contributed by atoms with Gasteiger partial charge in [0.25, 0.3) is 0 Å². The molecule has 1 aliphatic heterocycles. The SMILES string of the molecule is O=C(NC1CCCC1)N1CCN(c2ncnc3[nH]c(-c4ccc(F)cc4)cc23)CC1. The van der Waals surface area contributed by atoms with Crippen LogP contribution in [0.4, 0.5) is 15.0 Å². The van der Waals surface area contributed by atoms with E-state index < -0.39 is 0 Å². The topological polar surface area (TPSA) is 77.2 Å². The molecule has 2 aromatic heterocycles. The van der Waals surface area contributed by atoms with E-state index in [0.717, 1.165) is 54.0 Å². The van der Waals surface area contributed by atoms with E-state index in [9.17, 15) is 9.18 Å². The third-order valence-corrected chi connectivity index (χ3v) is 6.11. The van der Waals surface area contributed by atoms with Crippen molar-refractivity contribution in [3.63, 3.8) is 0 Å². The number of fused-ring (bicyclic) bond motifs is 1. The fourth-order valence-corrected chi connectivity index (χ4v) is 4.42. The molecule has 7 nitrogen and oxygen atoms in total. The molecule has 2 amide bonds. The molecular weight excluding hydrogens is 383 g/mol. The molecule has 0 spiro atoms. The van der Waals surface area contributed by atoms with Crippen LogP contribution >= 0.6 is 0 Å². The Bertz CT molecular complexity index is 1040. The fourth-order valence-electron chi connectivity index (χ4n) is 4.42. The van der Waals surface area contributed by atoms with Gasteiger partial charge in [-0.05, 0) is 48.7 Å². The van der Waals surface area contributed by atoms with Gasteiger partial charge < -0.3 is 20.1 Å². The Morgan fingerprint density at radius 1 is 1.07 bits per heavy atom. The highest BCUT2D eigenvalue weighted by molar-refractivity contribution is 5.92. The van der Waals surface area contributed by atoms with Crippen LogP contribution < -0.4 is 10.2 Å². The zero-order chi connectivity index (χ0) is 20.5. The van der Waals surface area contributed by atoms with Gasteiger partial charge in [0, 0.05) is 37.9 Å². The predicted octanol–water partition coefficient (Wildman–Crippen LogP) is 3.54. The standard InChI is InChI=1S/C22H25FN6O/c23-16-7-5-15(6-8-16)19-13-18-20(27-19)24-14-25-21(18)28-9-11-29(12-10-28)22(30)26-17-3-1-2-4-17/h5-8,13-14,17H,1-4,9-12H2,(H,26,30)(H,24,25,27). The lowest BCUT2D eigenvalue weighted by Crippen LogP contribution is -2.53. The second kappa shape index (κ2) is 7.93. The number of aromatic amines is 1. The highest BCUT2D eigenvalue weighted by Gasteiger charge is 2.26. The highest BCUT2D eigenvalue weighted by atomic mass is 19.1. The van der Waals surface area contributed by atoms with Gasteiger partial charge >= 0.3 is 6.03 Å². The van der Waals surface area contributed by atoms with E-state index >= 15 is 0 Å². The first-order chi connectivity index (χ1) is 14.7. The number of carbonyl (C=O) groups excluding carboxylic acids is 1. The van der Waals surface area contributed by atoms with Gasteiger partial charge in [-0.2, -0.15) is 0 Å². The maximum Gasteiger partial charge on any atom is 0.317 e. The van der Waals surface area contributed by atoms with E-state index in [1.54, 1.807) is 18.5 Å². The summed E-state index contributed by atoms with van der Waals surface area (Å²) in [4.78, 5) is 28.8. The Kier molecular flexibility index (Phi) is 4.98. The van der Waals surface area contributed by atoms with Gasteiger partial charge in [-0.25, -0.2) is 19.2 Å². The zero-order valence-corrected chi connectivity index (χ0v) is 16.8. The van der Waals surface area contributed by atoms with Crippen LogP contribution in [0.1, 0.15) is 25.7 Å². The van der Waals surface area contributed by atoms with Gasteiger partial charge in [0.15, 0.2) is 0 Å². The number of amides is 2. The van der Waals surface area contributed by atoms with Crippen molar-refractivity contribution in [2.45, 2.75) is 31.7 Å². The average molecular weight is 408 g/mol. The number of piperazine rings is 1. The molecule has 2 fully saturated rings. The van der Waals surface area contributed by atoms with Gasteiger partial charge in [0.2, 0.25) is 0 Å². The van der Waals surface area contributed by atoms with Gasteiger partial charge in [0.1, 0.15) is 23.6 Å². The number of H-pyrrole nitrogens is 1. The highest BCUT2D eigenvalue weighted by Crippen LogP contribution is 2.29. The zero-order valence-electron chi connectivity index (χ0n) is 16.8. The second-order valence-electron chi connectivity index (χ2n) is 8.05. The van der Waals surface area contributed by atoms with E-state index in [-0.39, 0.29) is 11.8 Å². The fraction of sp³-hybridized carbons (Fsp3) is 0.409. The summed E-state index contributed by atoms with van der Waals surface area (Å²) in [6.07, 6.45) is 6.16. The first kappa shape index (κ1) is 18.8. The molecule has 8 heteroatoms. The van der Waals surface area contributed by atoms with Crippen LogP contribution in [0.3, 0.4) is 0 Å². The normalized spacial score (nSPS) is 17.6. The summed E-state index contributed by atoms with van der Waals surface area (Å²) in [7, 11) is 0. The number of benzene rings is 1.